The minimum atomic E-state index is -0.600. The molecule has 0 aliphatic carbocycles. The highest BCUT2D eigenvalue weighted by Gasteiger charge is 1.87. The van der Waals surface area contributed by atoms with E-state index in [0.717, 1.165) is 0 Å². The Morgan fingerprint density at radius 3 is 2.20 bits per heavy atom. The summed E-state index contributed by atoms with van der Waals surface area (Å²) in [6, 6.07) is 0. The van der Waals surface area contributed by atoms with Crippen LogP contribution in [-0.2, 0) is 5.11 Å². The quantitative estimate of drug-likeness (QED) is 0.432. The molecule has 0 heterocycles. The number of alkyl halides is 1. The van der Waals surface area contributed by atoms with Crippen molar-refractivity contribution >= 4 is 11.6 Å². The van der Waals surface area contributed by atoms with E-state index in [0.29, 0.717) is 0 Å². The second-order valence-electron chi connectivity index (χ2n) is 0.965. The summed E-state index contributed by atoms with van der Waals surface area (Å²) < 4.78 is 0. The number of halogens is 1. The lowest BCUT2D eigenvalue weighted by molar-refractivity contribution is 0.125. The van der Waals surface area contributed by atoms with Crippen LogP contribution in [0.1, 0.15) is 6.92 Å². The van der Waals surface area contributed by atoms with Gasteiger partial charge in [0.2, 0.25) is 0 Å². The summed E-state index contributed by atoms with van der Waals surface area (Å²) in [7, 11) is 0. The lowest BCUT2D eigenvalue weighted by Crippen LogP contribution is -1.95. The molecule has 0 rings (SSSR count). The Morgan fingerprint density at radius 2 is 2.20 bits per heavy atom. The molecule has 31 valence electrons. The maximum absolute atomic E-state index is 9.76. The van der Waals surface area contributed by atoms with Crippen molar-refractivity contribution < 1.29 is 5.11 Å². The topological polar surface area (TPSA) is 19.9 Å². The second-order valence-corrected chi connectivity index (χ2v) is 1.27. The minimum Gasteiger partial charge on any atom is -0.232 e. The van der Waals surface area contributed by atoms with Crippen LogP contribution in [0.5, 0.6) is 0 Å². The van der Waals surface area contributed by atoms with Gasteiger partial charge in [-0.15, -0.1) is 11.6 Å². The molecule has 0 amide bonds. The van der Waals surface area contributed by atoms with Crippen molar-refractivity contribution in [3.63, 3.8) is 0 Å². The summed E-state index contributed by atoms with van der Waals surface area (Å²) in [6.45, 7) is 1.53. The fourth-order valence-corrected chi connectivity index (χ4v) is 0. The zero-order valence-electron chi connectivity index (χ0n) is 3.07. The molecule has 5 heavy (non-hydrogen) atoms. The average molecular weight is 93.5 g/mol. The lowest BCUT2D eigenvalue weighted by atomic mass is 10.5. The molecule has 1 radical (unpaired) electrons. The van der Waals surface area contributed by atoms with Gasteiger partial charge < -0.3 is 0 Å². The van der Waals surface area contributed by atoms with Crippen molar-refractivity contribution in [2.75, 3.05) is 5.88 Å². The highest BCUT2D eigenvalue weighted by molar-refractivity contribution is 6.18. The monoisotopic (exact) mass is 93.0 g/mol. The zero-order valence-corrected chi connectivity index (χ0v) is 3.83. The molecule has 0 spiro atoms. The van der Waals surface area contributed by atoms with Gasteiger partial charge in [0.15, 0.2) is 0 Å². The Morgan fingerprint density at radius 1 is 2.00 bits per heavy atom. The van der Waals surface area contributed by atoms with Crippen LogP contribution >= 0.6 is 11.6 Å². The van der Waals surface area contributed by atoms with Gasteiger partial charge in [-0.25, -0.2) is 5.11 Å². The normalized spacial score (nSPS) is 15.0. The first kappa shape index (κ1) is 5.25. The van der Waals surface area contributed by atoms with Crippen molar-refractivity contribution in [2.24, 2.45) is 0 Å². The molecule has 0 aromatic rings. The number of hydrogen-bond donors (Lipinski definition) is 0. The molecule has 0 bridgehead atoms. The van der Waals surface area contributed by atoms with E-state index < -0.39 is 6.10 Å². The van der Waals surface area contributed by atoms with E-state index in [1.807, 2.05) is 0 Å². The van der Waals surface area contributed by atoms with Gasteiger partial charge in [0.05, 0.1) is 5.88 Å². The van der Waals surface area contributed by atoms with E-state index >= 15 is 0 Å². The van der Waals surface area contributed by atoms with E-state index in [2.05, 4.69) is 0 Å². The number of hydrogen-bond acceptors (Lipinski definition) is 0. The summed E-state index contributed by atoms with van der Waals surface area (Å²) in [5, 5.41) is 9.76. The standard InChI is InChI=1S/C3H6ClO/c1-3(5)2-4/h3H,2H2,1H3. The molecule has 0 N–H and O–H groups in total. The van der Waals surface area contributed by atoms with E-state index in [1.54, 1.807) is 0 Å². The zero-order chi connectivity index (χ0) is 4.28. The molecule has 1 nitrogen and oxygen atoms in total. The lowest BCUT2D eigenvalue weighted by Gasteiger charge is -1.84. The summed E-state index contributed by atoms with van der Waals surface area (Å²) >= 11 is 5.02. The molecule has 0 saturated heterocycles. The highest BCUT2D eigenvalue weighted by atomic mass is 35.5. The van der Waals surface area contributed by atoms with Gasteiger partial charge in [0, 0.05) is 0 Å². The first-order valence-corrected chi connectivity index (χ1v) is 2.02. The Labute approximate surface area is 36.6 Å². The van der Waals surface area contributed by atoms with E-state index in [4.69, 9.17) is 11.6 Å². The summed E-state index contributed by atoms with van der Waals surface area (Å²) in [4.78, 5) is 0. The van der Waals surface area contributed by atoms with Crippen LogP contribution in [0.15, 0.2) is 0 Å². The molecule has 0 aromatic heterocycles. The molecule has 0 fully saturated rings. The third-order valence-corrected chi connectivity index (χ3v) is 0.652. The average Bonchev–Trinajstić information content (AvgIpc) is 1.38. The molecule has 2 heteroatoms. The summed E-state index contributed by atoms with van der Waals surface area (Å²) in [6.07, 6.45) is -0.600. The highest BCUT2D eigenvalue weighted by Crippen LogP contribution is 1.81. The van der Waals surface area contributed by atoms with Crippen LogP contribution < -0.4 is 0 Å². The smallest absolute Gasteiger partial charge is 0.104 e. The molecular weight excluding hydrogens is 87.5 g/mol. The predicted molar refractivity (Wildman–Crippen MR) is 20.9 cm³/mol. The molecule has 1 unspecified atom stereocenters. The van der Waals surface area contributed by atoms with E-state index in [9.17, 15) is 5.11 Å². The van der Waals surface area contributed by atoms with E-state index in [-0.39, 0.29) is 5.88 Å². The predicted octanol–water partition coefficient (Wildman–Crippen LogP) is 1.04. The molecule has 0 aliphatic rings. The van der Waals surface area contributed by atoms with Crippen LogP contribution in [0.25, 0.3) is 0 Å². The van der Waals surface area contributed by atoms with Crippen molar-refractivity contribution in [3.05, 3.63) is 0 Å². The van der Waals surface area contributed by atoms with Gasteiger partial charge in [0.1, 0.15) is 6.10 Å². The fraction of sp³-hybridized carbons (Fsp3) is 1.00. The van der Waals surface area contributed by atoms with Crippen molar-refractivity contribution in [1.29, 1.82) is 0 Å². The second kappa shape index (κ2) is 2.49. The largest absolute Gasteiger partial charge is 0.232 e. The SMILES string of the molecule is CC([O])CCl. The van der Waals surface area contributed by atoms with Gasteiger partial charge in [0.25, 0.3) is 0 Å². The van der Waals surface area contributed by atoms with Gasteiger partial charge in [-0.2, -0.15) is 0 Å². The number of rotatable bonds is 1. The minimum absolute atomic E-state index is 0.222. The molecular formula is C3H6ClO. The Hall–Kier alpha value is 0.250. The first-order chi connectivity index (χ1) is 2.27. The van der Waals surface area contributed by atoms with Crippen molar-refractivity contribution in [2.45, 2.75) is 13.0 Å². The fourth-order valence-electron chi connectivity index (χ4n) is 0. The van der Waals surface area contributed by atoms with Crippen molar-refractivity contribution in [3.8, 4) is 0 Å². The van der Waals surface area contributed by atoms with Crippen LogP contribution in [0.3, 0.4) is 0 Å². The molecule has 0 aromatic carbocycles. The first-order valence-electron chi connectivity index (χ1n) is 1.49. The van der Waals surface area contributed by atoms with Gasteiger partial charge >= 0.3 is 0 Å². The summed E-state index contributed by atoms with van der Waals surface area (Å²) in [5.74, 6) is 0.222. The van der Waals surface area contributed by atoms with Gasteiger partial charge in [-0.05, 0) is 6.92 Å². The molecule has 0 aliphatic heterocycles. The van der Waals surface area contributed by atoms with Crippen LogP contribution in [-0.4, -0.2) is 12.0 Å². The van der Waals surface area contributed by atoms with Crippen LogP contribution in [0.2, 0.25) is 0 Å². The van der Waals surface area contributed by atoms with Gasteiger partial charge in [-0.3, -0.25) is 0 Å². The van der Waals surface area contributed by atoms with E-state index in [1.165, 1.54) is 6.92 Å². The molecule has 0 saturated carbocycles. The van der Waals surface area contributed by atoms with Crippen LogP contribution in [0, 0.1) is 0 Å². The maximum Gasteiger partial charge on any atom is 0.104 e. The van der Waals surface area contributed by atoms with Crippen molar-refractivity contribution in [1.82, 2.24) is 0 Å². The van der Waals surface area contributed by atoms with Gasteiger partial charge in [-0.1, -0.05) is 0 Å². The third kappa shape index (κ3) is 4.25. The maximum atomic E-state index is 9.76. The molecule has 1 atom stereocenters. The third-order valence-electron chi connectivity index (χ3n) is 0.217. The Balaban J connectivity index is 2.54. The van der Waals surface area contributed by atoms with Crippen LogP contribution in [0.4, 0.5) is 0 Å². The Kier molecular flexibility index (Phi) is 2.61. The Bertz CT molecular complexity index is 20.9. The summed E-state index contributed by atoms with van der Waals surface area (Å²) in [5.41, 5.74) is 0.